The number of aliphatic hydroxyl groups excluding tert-OH is 1. The van der Waals surface area contributed by atoms with Gasteiger partial charge in [0.1, 0.15) is 0 Å². The zero-order valence-electron chi connectivity index (χ0n) is 18.7. The maximum atomic E-state index is 9.30. The molecule has 0 heterocycles. The molecule has 4 aliphatic rings. The highest BCUT2D eigenvalue weighted by Gasteiger charge is 2.61. The molecule has 0 bridgehead atoms. The second-order valence-corrected chi connectivity index (χ2v) is 11.7. The Hall–Kier alpha value is -0.0400. The molecule has 0 saturated heterocycles. The Kier molecular flexibility index (Phi) is 5.74. The van der Waals surface area contributed by atoms with E-state index in [-0.39, 0.29) is 0 Å². The third-order valence-electron chi connectivity index (χ3n) is 10.9. The summed E-state index contributed by atoms with van der Waals surface area (Å²) in [4.78, 5) is 0. The number of hydrogen-bond acceptors (Lipinski definition) is 1. The van der Waals surface area contributed by atoms with Crippen LogP contribution < -0.4 is 0 Å². The third kappa shape index (κ3) is 3.13. The SMILES string of the molecule is CC[C@H]1CC2C3CC[C@H]([C@H](C)CCCO)[C@@]3(C)CCC2[C@@]2(C)CCCC[C@@H]12. The molecule has 0 radical (unpaired) electrons. The lowest BCUT2D eigenvalue weighted by Gasteiger charge is -2.63. The summed E-state index contributed by atoms with van der Waals surface area (Å²) in [6, 6.07) is 0. The predicted molar refractivity (Wildman–Crippen MR) is 114 cm³/mol. The van der Waals surface area contributed by atoms with Crippen molar-refractivity contribution in [3.63, 3.8) is 0 Å². The minimum absolute atomic E-state index is 0.375. The van der Waals surface area contributed by atoms with Gasteiger partial charge in [0.05, 0.1) is 0 Å². The monoisotopic (exact) mass is 374 g/mol. The van der Waals surface area contributed by atoms with Crippen LogP contribution in [0.25, 0.3) is 0 Å². The minimum atomic E-state index is 0.375. The molecule has 0 aromatic rings. The number of rotatable bonds is 5. The van der Waals surface area contributed by atoms with Gasteiger partial charge < -0.3 is 5.11 Å². The fourth-order valence-corrected chi connectivity index (χ4v) is 9.61. The standard InChI is InChI=1S/C26H46O/c1-5-19-17-20-23-12-11-21(18(2)9-8-16-27)26(23,4)15-13-24(20)25(3)14-7-6-10-22(19)25/h18-24,27H,5-17H2,1-4H3/t18-,19+,20?,21-,22+,23?,24?,25+,26-/m1/s1. The van der Waals surface area contributed by atoms with Crippen LogP contribution in [-0.2, 0) is 0 Å². The van der Waals surface area contributed by atoms with Gasteiger partial charge in [-0.15, -0.1) is 0 Å². The van der Waals surface area contributed by atoms with Crippen LogP contribution in [0.15, 0.2) is 0 Å². The highest BCUT2D eigenvalue weighted by atomic mass is 16.2. The van der Waals surface area contributed by atoms with Crippen LogP contribution in [-0.4, -0.2) is 11.7 Å². The summed E-state index contributed by atoms with van der Waals surface area (Å²) in [7, 11) is 0. The van der Waals surface area contributed by atoms with Gasteiger partial charge in [-0.2, -0.15) is 0 Å². The molecule has 1 heteroatoms. The second kappa shape index (κ2) is 7.66. The molecule has 0 amide bonds. The highest BCUT2D eigenvalue weighted by molar-refractivity contribution is 5.10. The van der Waals surface area contributed by atoms with Gasteiger partial charge in [0.2, 0.25) is 0 Å². The van der Waals surface area contributed by atoms with Crippen molar-refractivity contribution in [1.29, 1.82) is 0 Å². The van der Waals surface area contributed by atoms with Crippen molar-refractivity contribution < 1.29 is 5.11 Å². The molecule has 1 nitrogen and oxygen atoms in total. The van der Waals surface area contributed by atoms with E-state index in [0.29, 0.717) is 17.4 Å². The lowest BCUT2D eigenvalue weighted by molar-refractivity contribution is -0.138. The second-order valence-electron chi connectivity index (χ2n) is 11.7. The summed E-state index contributed by atoms with van der Waals surface area (Å²) in [6.45, 7) is 10.8. The molecule has 0 spiro atoms. The molecular formula is C26H46O. The van der Waals surface area contributed by atoms with Crippen LogP contribution in [0.3, 0.4) is 0 Å². The Morgan fingerprint density at radius 1 is 0.926 bits per heavy atom. The molecule has 0 aromatic carbocycles. The van der Waals surface area contributed by atoms with Crippen molar-refractivity contribution in [1.82, 2.24) is 0 Å². The van der Waals surface area contributed by atoms with Crippen LogP contribution in [0.5, 0.6) is 0 Å². The Labute approximate surface area is 169 Å². The first-order chi connectivity index (χ1) is 13.0. The lowest BCUT2D eigenvalue weighted by atomic mass is 9.42. The van der Waals surface area contributed by atoms with Crippen molar-refractivity contribution in [2.75, 3.05) is 6.61 Å². The topological polar surface area (TPSA) is 20.2 Å². The van der Waals surface area contributed by atoms with Crippen molar-refractivity contribution >= 4 is 0 Å². The van der Waals surface area contributed by atoms with Gasteiger partial charge in [-0.1, -0.05) is 47.0 Å². The maximum Gasteiger partial charge on any atom is 0.0431 e. The van der Waals surface area contributed by atoms with Crippen LogP contribution in [0, 0.1) is 52.3 Å². The zero-order valence-corrected chi connectivity index (χ0v) is 18.7. The van der Waals surface area contributed by atoms with Gasteiger partial charge >= 0.3 is 0 Å². The first kappa shape index (κ1) is 20.2. The molecule has 4 aliphatic carbocycles. The fraction of sp³-hybridized carbons (Fsp3) is 1.00. The normalized spacial score (nSPS) is 50.6. The molecular weight excluding hydrogens is 328 g/mol. The largest absolute Gasteiger partial charge is 0.396 e. The quantitative estimate of drug-likeness (QED) is 0.545. The summed E-state index contributed by atoms with van der Waals surface area (Å²) < 4.78 is 0. The van der Waals surface area contributed by atoms with E-state index in [1.165, 1.54) is 64.2 Å². The van der Waals surface area contributed by atoms with Gasteiger partial charge in [-0.3, -0.25) is 0 Å². The number of fused-ring (bicyclic) bond motifs is 5. The molecule has 27 heavy (non-hydrogen) atoms. The molecule has 4 rings (SSSR count). The summed E-state index contributed by atoms with van der Waals surface area (Å²) >= 11 is 0. The minimum Gasteiger partial charge on any atom is -0.396 e. The maximum absolute atomic E-state index is 9.30. The molecule has 0 aromatic heterocycles. The number of hydrogen-bond donors (Lipinski definition) is 1. The average molecular weight is 375 g/mol. The zero-order chi connectivity index (χ0) is 19.2. The van der Waals surface area contributed by atoms with Crippen LogP contribution in [0.4, 0.5) is 0 Å². The Morgan fingerprint density at radius 2 is 1.70 bits per heavy atom. The van der Waals surface area contributed by atoms with E-state index in [2.05, 4.69) is 27.7 Å². The van der Waals surface area contributed by atoms with Crippen molar-refractivity contribution in [3.05, 3.63) is 0 Å². The van der Waals surface area contributed by atoms with Gasteiger partial charge in [-0.05, 0) is 110 Å². The molecule has 4 saturated carbocycles. The average Bonchev–Trinajstić information content (AvgIpc) is 3.02. The Balaban J connectivity index is 1.58. The van der Waals surface area contributed by atoms with Crippen LogP contribution >= 0.6 is 0 Å². The first-order valence-corrected chi connectivity index (χ1v) is 12.6. The van der Waals surface area contributed by atoms with Gasteiger partial charge in [0.15, 0.2) is 0 Å². The van der Waals surface area contributed by atoms with Crippen molar-refractivity contribution in [3.8, 4) is 0 Å². The summed E-state index contributed by atoms with van der Waals surface area (Å²) in [5.41, 5.74) is 1.25. The molecule has 9 atom stereocenters. The molecule has 1 N–H and O–H groups in total. The van der Waals surface area contributed by atoms with E-state index in [1.807, 2.05) is 0 Å². The van der Waals surface area contributed by atoms with E-state index in [1.54, 1.807) is 6.42 Å². The fourth-order valence-electron chi connectivity index (χ4n) is 9.61. The van der Waals surface area contributed by atoms with Crippen LogP contribution in [0.2, 0.25) is 0 Å². The molecule has 4 fully saturated rings. The highest BCUT2D eigenvalue weighted by Crippen LogP contribution is 2.69. The summed E-state index contributed by atoms with van der Waals surface area (Å²) in [5, 5.41) is 9.30. The summed E-state index contributed by atoms with van der Waals surface area (Å²) in [5.74, 6) is 6.77. The number of aliphatic hydroxyl groups is 1. The third-order valence-corrected chi connectivity index (χ3v) is 10.9. The molecule has 3 unspecified atom stereocenters. The smallest absolute Gasteiger partial charge is 0.0431 e. The van der Waals surface area contributed by atoms with E-state index in [0.717, 1.165) is 47.8 Å². The molecule has 156 valence electrons. The Bertz CT molecular complexity index is 514. The van der Waals surface area contributed by atoms with Gasteiger partial charge in [0.25, 0.3) is 0 Å². The predicted octanol–water partition coefficient (Wildman–Crippen LogP) is 7.08. The van der Waals surface area contributed by atoms with E-state index in [4.69, 9.17) is 0 Å². The van der Waals surface area contributed by atoms with Crippen molar-refractivity contribution in [2.24, 2.45) is 52.3 Å². The van der Waals surface area contributed by atoms with Gasteiger partial charge in [-0.25, -0.2) is 0 Å². The lowest BCUT2D eigenvalue weighted by Crippen LogP contribution is -2.55. The Morgan fingerprint density at radius 3 is 2.44 bits per heavy atom. The van der Waals surface area contributed by atoms with E-state index >= 15 is 0 Å². The van der Waals surface area contributed by atoms with E-state index < -0.39 is 0 Å². The molecule has 0 aliphatic heterocycles. The van der Waals surface area contributed by atoms with Gasteiger partial charge in [0, 0.05) is 6.61 Å². The van der Waals surface area contributed by atoms with Crippen LogP contribution in [0.1, 0.15) is 105 Å². The summed E-state index contributed by atoms with van der Waals surface area (Å²) in [6.07, 6.45) is 17.2. The first-order valence-electron chi connectivity index (χ1n) is 12.6. The van der Waals surface area contributed by atoms with Crippen molar-refractivity contribution in [2.45, 2.75) is 105 Å². The van der Waals surface area contributed by atoms with E-state index in [9.17, 15) is 5.11 Å².